The predicted molar refractivity (Wildman–Crippen MR) is 149 cm³/mol. The van der Waals surface area contributed by atoms with Crippen LogP contribution in [-0.2, 0) is 19.7 Å². The molecule has 4 bridgehead atoms. The number of methoxy groups -OCH3 is 1. The van der Waals surface area contributed by atoms with E-state index < -0.39 is 6.04 Å². The monoisotopic (exact) mass is 556 g/mol. The van der Waals surface area contributed by atoms with Crippen molar-refractivity contribution in [2.24, 2.45) is 23.7 Å². The molecule has 6 aliphatic rings. The summed E-state index contributed by atoms with van der Waals surface area (Å²) in [5.74, 6) is 1.49. The van der Waals surface area contributed by atoms with Crippen molar-refractivity contribution in [1.29, 1.82) is 0 Å². The van der Waals surface area contributed by atoms with Gasteiger partial charge in [0.05, 0.1) is 18.7 Å². The van der Waals surface area contributed by atoms with Gasteiger partial charge < -0.3 is 20.3 Å². The fraction of sp³-hybridized carbons (Fsp3) is 0.800. The smallest absolute Gasteiger partial charge is 0.310 e. The van der Waals surface area contributed by atoms with Gasteiger partial charge >= 0.3 is 5.97 Å². The maximum atomic E-state index is 13.5. The van der Waals surface area contributed by atoms with E-state index in [1.165, 1.54) is 57.0 Å². The molecule has 0 aromatic carbocycles. The summed E-state index contributed by atoms with van der Waals surface area (Å²) in [4.78, 5) is 46.2. The van der Waals surface area contributed by atoms with Crippen molar-refractivity contribution in [3.05, 3.63) is 16.1 Å². The maximum absolute atomic E-state index is 13.5. The first-order chi connectivity index (χ1) is 18.5. The number of carbonyl (C=O) groups is 3. The second-order valence-electron chi connectivity index (χ2n) is 14.2. The quantitative estimate of drug-likeness (QED) is 0.513. The van der Waals surface area contributed by atoms with Crippen LogP contribution in [0.25, 0.3) is 0 Å². The Morgan fingerprint density at radius 1 is 1.05 bits per heavy atom. The second-order valence-corrected chi connectivity index (χ2v) is 15.0. The van der Waals surface area contributed by atoms with Crippen molar-refractivity contribution in [3.8, 4) is 0 Å². The first-order valence-electron chi connectivity index (χ1n) is 15.0. The van der Waals surface area contributed by atoms with Gasteiger partial charge in [-0.1, -0.05) is 0 Å². The molecular formula is C30H44N4O4S. The minimum Gasteiger partial charge on any atom is -0.469 e. The zero-order valence-corrected chi connectivity index (χ0v) is 24.6. The summed E-state index contributed by atoms with van der Waals surface area (Å²) in [5, 5.41) is 9.17. The molecule has 1 aliphatic heterocycles. The number of ether oxygens (including phenoxy) is 1. The lowest BCUT2D eigenvalue weighted by Gasteiger charge is -2.56. The number of rotatable bonds is 6. The second kappa shape index (κ2) is 10.1. The van der Waals surface area contributed by atoms with Gasteiger partial charge in [0, 0.05) is 35.0 Å². The molecule has 1 aromatic rings. The molecule has 0 radical (unpaired) electrons. The molecule has 214 valence electrons. The summed E-state index contributed by atoms with van der Waals surface area (Å²) in [5.41, 5.74) is 1.22. The van der Waals surface area contributed by atoms with Gasteiger partial charge in [0.15, 0.2) is 5.01 Å². The summed E-state index contributed by atoms with van der Waals surface area (Å²) < 4.78 is 5.15. The number of amides is 2. The lowest BCUT2D eigenvalue weighted by Crippen LogP contribution is -2.55. The van der Waals surface area contributed by atoms with Crippen molar-refractivity contribution < 1.29 is 19.1 Å². The Hall–Kier alpha value is -2.00. The van der Waals surface area contributed by atoms with E-state index in [1.807, 2.05) is 4.90 Å². The van der Waals surface area contributed by atoms with Crippen molar-refractivity contribution >= 4 is 29.1 Å². The van der Waals surface area contributed by atoms with Crippen LogP contribution >= 0.6 is 11.3 Å². The van der Waals surface area contributed by atoms with Crippen LogP contribution in [0, 0.1) is 23.7 Å². The molecular weight excluding hydrogens is 512 g/mol. The lowest BCUT2D eigenvalue weighted by molar-refractivity contribution is -0.151. The number of esters is 1. The molecule has 3 unspecified atom stereocenters. The largest absolute Gasteiger partial charge is 0.469 e. The van der Waals surface area contributed by atoms with Gasteiger partial charge in [-0.05, 0) is 103 Å². The van der Waals surface area contributed by atoms with E-state index in [0.717, 1.165) is 36.3 Å². The van der Waals surface area contributed by atoms with E-state index in [-0.39, 0.29) is 46.7 Å². The maximum Gasteiger partial charge on any atom is 0.310 e. The standard InChI is InChI=1S/C30H44N4O4S/c1-29(2,3)33-20-5-6-23(21(12-20)28(37)38-4)34-8-7-22(27(34)36)31-25(35)26-32-24(16-39-26)30-13-17-9-18(14-30)11-19(10-17)15-30/h16-23,33H,5-15H2,1-4H3,(H,31,35)/t17?,18?,19?,20?,21?,22-,23?,30?/m0/s1. The lowest BCUT2D eigenvalue weighted by atomic mass is 9.49. The molecule has 1 aromatic heterocycles. The molecule has 1 saturated heterocycles. The van der Waals surface area contributed by atoms with Crippen LogP contribution in [-0.4, -0.2) is 65.0 Å². The van der Waals surface area contributed by atoms with Gasteiger partial charge in [0.25, 0.3) is 5.91 Å². The molecule has 7 rings (SSSR count). The van der Waals surface area contributed by atoms with E-state index in [4.69, 9.17) is 9.72 Å². The van der Waals surface area contributed by atoms with Crippen LogP contribution in [0.2, 0.25) is 0 Å². The third kappa shape index (κ3) is 5.25. The van der Waals surface area contributed by atoms with E-state index in [2.05, 4.69) is 36.8 Å². The van der Waals surface area contributed by atoms with Gasteiger partial charge in [-0.25, -0.2) is 4.98 Å². The highest BCUT2D eigenvalue weighted by Gasteiger charge is 2.53. The topological polar surface area (TPSA) is 101 Å². The van der Waals surface area contributed by atoms with E-state index >= 15 is 0 Å². The Balaban J connectivity index is 1.10. The Morgan fingerprint density at radius 2 is 1.72 bits per heavy atom. The summed E-state index contributed by atoms with van der Waals surface area (Å²) in [6, 6.07) is -0.577. The van der Waals surface area contributed by atoms with Gasteiger partial charge in [-0.15, -0.1) is 11.3 Å². The van der Waals surface area contributed by atoms with Crippen LogP contribution in [0.1, 0.15) is 100 Å². The third-order valence-corrected chi connectivity index (χ3v) is 11.0. The Kier molecular flexibility index (Phi) is 7.06. The third-order valence-electron chi connectivity index (χ3n) is 10.2. The number of hydrogen-bond donors (Lipinski definition) is 2. The van der Waals surface area contributed by atoms with Gasteiger partial charge in [-0.2, -0.15) is 0 Å². The molecule has 6 fully saturated rings. The Morgan fingerprint density at radius 3 is 2.33 bits per heavy atom. The summed E-state index contributed by atoms with van der Waals surface area (Å²) in [6.45, 7) is 6.91. The minimum absolute atomic E-state index is 0.0532. The normalized spacial score (nSPS) is 37.8. The fourth-order valence-corrected chi connectivity index (χ4v) is 9.95. The van der Waals surface area contributed by atoms with Crippen LogP contribution in [0.5, 0.6) is 0 Å². The molecule has 5 saturated carbocycles. The highest BCUT2D eigenvalue weighted by atomic mass is 32.1. The first kappa shape index (κ1) is 27.2. The first-order valence-corrected chi connectivity index (χ1v) is 15.8. The molecule has 4 atom stereocenters. The van der Waals surface area contributed by atoms with Crippen molar-refractivity contribution in [1.82, 2.24) is 20.5 Å². The van der Waals surface area contributed by atoms with Crippen LogP contribution in [0.3, 0.4) is 0 Å². The summed E-state index contributed by atoms with van der Waals surface area (Å²) in [7, 11) is 1.42. The molecule has 2 N–H and O–H groups in total. The van der Waals surface area contributed by atoms with Crippen molar-refractivity contribution in [3.63, 3.8) is 0 Å². The van der Waals surface area contributed by atoms with Crippen molar-refractivity contribution in [2.75, 3.05) is 13.7 Å². The van der Waals surface area contributed by atoms with E-state index in [0.29, 0.717) is 24.4 Å². The molecule has 9 heteroatoms. The number of hydrogen-bond acceptors (Lipinski definition) is 7. The Bertz CT molecular complexity index is 1090. The number of aromatic nitrogens is 1. The zero-order chi connectivity index (χ0) is 27.5. The molecule has 5 aliphatic carbocycles. The van der Waals surface area contributed by atoms with Gasteiger partial charge in [0.2, 0.25) is 5.91 Å². The molecule has 39 heavy (non-hydrogen) atoms. The number of carbonyl (C=O) groups excluding carboxylic acids is 3. The molecule has 2 heterocycles. The summed E-state index contributed by atoms with van der Waals surface area (Å²) >= 11 is 1.42. The fourth-order valence-electron chi connectivity index (χ4n) is 9.11. The molecule has 0 spiro atoms. The van der Waals surface area contributed by atoms with E-state index in [1.54, 1.807) is 0 Å². The number of nitrogens with one attached hydrogen (secondary N) is 2. The number of nitrogens with zero attached hydrogens (tertiary/aromatic N) is 2. The number of likely N-dealkylation sites (tertiary alicyclic amines) is 1. The van der Waals surface area contributed by atoms with Gasteiger partial charge in [0.1, 0.15) is 6.04 Å². The number of thiazole rings is 1. The Labute approximate surface area is 236 Å². The zero-order valence-electron chi connectivity index (χ0n) is 23.8. The average Bonchev–Trinajstić information content (AvgIpc) is 3.50. The predicted octanol–water partition coefficient (Wildman–Crippen LogP) is 4.04. The van der Waals surface area contributed by atoms with Crippen LogP contribution < -0.4 is 10.6 Å². The molecule has 8 nitrogen and oxygen atoms in total. The van der Waals surface area contributed by atoms with Crippen LogP contribution in [0.15, 0.2) is 5.38 Å². The van der Waals surface area contributed by atoms with Crippen molar-refractivity contribution in [2.45, 2.75) is 114 Å². The van der Waals surface area contributed by atoms with Gasteiger partial charge in [-0.3, -0.25) is 14.4 Å². The SMILES string of the molecule is COC(=O)C1CC(NC(C)(C)C)CCC1N1CC[C@H](NC(=O)c2nc(C34CC5CC(CC(C5)C3)C4)cs2)C1=O. The average molecular weight is 557 g/mol. The minimum atomic E-state index is -0.576. The highest BCUT2D eigenvalue weighted by Crippen LogP contribution is 2.60. The summed E-state index contributed by atoms with van der Waals surface area (Å²) in [6.07, 6.45) is 10.6. The van der Waals surface area contributed by atoms with E-state index in [9.17, 15) is 14.4 Å². The molecule has 2 amide bonds. The highest BCUT2D eigenvalue weighted by molar-refractivity contribution is 7.11. The van der Waals surface area contributed by atoms with Crippen LogP contribution in [0.4, 0.5) is 0 Å².